The van der Waals surface area contributed by atoms with Gasteiger partial charge in [-0.2, -0.15) is 0 Å². The molecule has 1 aliphatic rings. The maximum absolute atomic E-state index is 3.41. The lowest BCUT2D eigenvalue weighted by atomic mass is 10.2. The lowest BCUT2D eigenvalue weighted by molar-refractivity contribution is 0.346. The molecule has 72 valence electrons. The highest BCUT2D eigenvalue weighted by Crippen LogP contribution is 2.18. The largest absolute Gasteiger partial charge is 0.383 e. The number of hydrogen-bond donors (Lipinski definition) is 1. The van der Waals surface area contributed by atoms with Gasteiger partial charge in [-0.1, -0.05) is 18.2 Å². The molecule has 0 spiro atoms. The Labute approximate surface area is 89.7 Å². The van der Waals surface area contributed by atoms with Crippen LogP contribution in [0.2, 0.25) is 0 Å². The lowest BCUT2D eigenvalue weighted by Gasteiger charge is -2.11. The average molecular weight is 243 g/mol. The van der Waals surface area contributed by atoms with Gasteiger partial charge in [0, 0.05) is 25.3 Å². The summed E-state index contributed by atoms with van der Waals surface area (Å²) in [6.07, 6.45) is 0. The van der Waals surface area contributed by atoms with Gasteiger partial charge in [-0.05, 0) is 18.7 Å². The standard InChI is InChI=1S/C10H14N2.BrH/c1-12-7-6-11-10-5-3-2-4-9(10)8-12;/h2-5,11H,6-8H2,1H3;1H. The second-order valence-corrected chi connectivity index (χ2v) is 3.32. The first-order valence-electron chi connectivity index (χ1n) is 4.36. The number of nitrogens with one attached hydrogen (secondary N) is 1. The normalized spacial score (nSPS) is 16.4. The monoisotopic (exact) mass is 242 g/mol. The molecule has 0 aromatic heterocycles. The summed E-state index contributed by atoms with van der Waals surface area (Å²) in [5.41, 5.74) is 2.69. The summed E-state index contributed by atoms with van der Waals surface area (Å²) in [6, 6.07) is 8.51. The van der Waals surface area contributed by atoms with Gasteiger partial charge in [0.05, 0.1) is 0 Å². The van der Waals surface area contributed by atoms with E-state index in [1.807, 2.05) is 0 Å². The van der Waals surface area contributed by atoms with Gasteiger partial charge in [0.2, 0.25) is 0 Å². The third-order valence-corrected chi connectivity index (χ3v) is 2.27. The Morgan fingerprint density at radius 3 is 2.92 bits per heavy atom. The zero-order valence-corrected chi connectivity index (χ0v) is 9.50. The van der Waals surface area contributed by atoms with Gasteiger partial charge in [-0.25, -0.2) is 0 Å². The van der Waals surface area contributed by atoms with E-state index in [9.17, 15) is 0 Å². The predicted molar refractivity (Wildman–Crippen MR) is 61.6 cm³/mol. The first-order chi connectivity index (χ1) is 5.86. The molecule has 0 bridgehead atoms. The highest BCUT2D eigenvalue weighted by Gasteiger charge is 2.08. The summed E-state index contributed by atoms with van der Waals surface area (Å²) in [6.45, 7) is 3.23. The molecule has 1 aromatic rings. The van der Waals surface area contributed by atoms with Crippen molar-refractivity contribution < 1.29 is 0 Å². The number of likely N-dealkylation sites (N-methyl/N-ethyl adjacent to an activating group) is 1. The number of para-hydroxylation sites is 1. The molecule has 0 saturated carbocycles. The van der Waals surface area contributed by atoms with E-state index in [0.29, 0.717) is 0 Å². The third-order valence-electron chi connectivity index (χ3n) is 2.27. The molecule has 0 atom stereocenters. The number of anilines is 1. The number of nitrogens with zero attached hydrogens (tertiary/aromatic N) is 1. The molecule has 1 N–H and O–H groups in total. The summed E-state index contributed by atoms with van der Waals surface area (Å²) in [7, 11) is 2.16. The number of fused-ring (bicyclic) bond motifs is 1. The quantitative estimate of drug-likeness (QED) is 0.750. The Hall–Kier alpha value is -0.540. The SMILES string of the molecule is Br.CN1CCNc2ccccc2C1. The molecule has 13 heavy (non-hydrogen) atoms. The summed E-state index contributed by atoms with van der Waals surface area (Å²) in [5.74, 6) is 0. The van der Waals surface area contributed by atoms with Gasteiger partial charge < -0.3 is 10.2 Å². The van der Waals surface area contributed by atoms with E-state index in [1.54, 1.807) is 0 Å². The van der Waals surface area contributed by atoms with Crippen LogP contribution in [0.4, 0.5) is 5.69 Å². The van der Waals surface area contributed by atoms with Crippen LogP contribution in [0.15, 0.2) is 24.3 Å². The fourth-order valence-corrected chi connectivity index (χ4v) is 1.58. The Morgan fingerprint density at radius 1 is 1.31 bits per heavy atom. The number of rotatable bonds is 0. The average Bonchev–Trinajstić information content (AvgIpc) is 2.25. The van der Waals surface area contributed by atoms with Crippen LogP contribution in [0, 0.1) is 0 Å². The van der Waals surface area contributed by atoms with Crippen LogP contribution >= 0.6 is 17.0 Å². The third kappa shape index (κ3) is 2.45. The molecule has 1 heterocycles. The molecule has 2 nitrogen and oxygen atoms in total. The maximum atomic E-state index is 3.41. The van der Waals surface area contributed by atoms with Crippen molar-refractivity contribution in [1.82, 2.24) is 4.90 Å². The lowest BCUT2D eigenvalue weighted by Crippen LogP contribution is -2.20. The van der Waals surface area contributed by atoms with Crippen molar-refractivity contribution in [3.8, 4) is 0 Å². The minimum atomic E-state index is 0. The fourth-order valence-electron chi connectivity index (χ4n) is 1.58. The first kappa shape index (κ1) is 10.5. The van der Waals surface area contributed by atoms with Crippen LogP contribution in [0.1, 0.15) is 5.56 Å². The van der Waals surface area contributed by atoms with E-state index in [2.05, 4.69) is 41.5 Å². The molecule has 1 aromatic carbocycles. The molecule has 3 heteroatoms. The topological polar surface area (TPSA) is 15.3 Å². The molecule has 0 saturated heterocycles. The summed E-state index contributed by atoms with van der Waals surface area (Å²) in [5, 5.41) is 3.41. The fraction of sp³-hybridized carbons (Fsp3) is 0.400. The van der Waals surface area contributed by atoms with Gasteiger partial charge in [-0.3, -0.25) is 0 Å². The van der Waals surface area contributed by atoms with Crippen LogP contribution < -0.4 is 5.32 Å². The van der Waals surface area contributed by atoms with Crippen molar-refractivity contribution in [3.05, 3.63) is 29.8 Å². The van der Waals surface area contributed by atoms with Crippen molar-refractivity contribution >= 4 is 22.7 Å². The van der Waals surface area contributed by atoms with E-state index in [4.69, 9.17) is 0 Å². The van der Waals surface area contributed by atoms with Crippen LogP contribution in [-0.2, 0) is 6.54 Å². The maximum Gasteiger partial charge on any atom is 0.0386 e. The predicted octanol–water partition coefficient (Wildman–Crippen LogP) is 2.12. The minimum absolute atomic E-state index is 0. The number of halogens is 1. The summed E-state index contributed by atoms with van der Waals surface area (Å²) >= 11 is 0. The Balaban J connectivity index is 0.000000845. The van der Waals surface area contributed by atoms with Gasteiger partial charge in [0.25, 0.3) is 0 Å². The van der Waals surface area contributed by atoms with Crippen LogP contribution in [-0.4, -0.2) is 25.0 Å². The zero-order chi connectivity index (χ0) is 8.39. The Bertz CT molecular complexity index is 275. The molecular formula is C10H15BrN2. The van der Waals surface area contributed by atoms with E-state index in [1.165, 1.54) is 11.3 Å². The zero-order valence-electron chi connectivity index (χ0n) is 7.79. The van der Waals surface area contributed by atoms with Crippen molar-refractivity contribution in [3.63, 3.8) is 0 Å². The van der Waals surface area contributed by atoms with Crippen LogP contribution in [0.5, 0.6) is 0 Å². The number of hydrogen-bond acceptors (Lipinski definition) is 2. The highest BCUT2D eigenvalue weighted by molar-refractivity contribution is 8.93. The van der Waals surface area contributed by atoms with Crippen molar-refractivity contribution in [2.45, 2.75) is 6.54 Å². The van der Waals surface area contributed by atoms with E-state index in [-0.39, 0.29) is 17.0 Å². The highest BCUT2D eigenvalue weighted by atomic mass is 79.9. The molecule has 0 fully saturated rings. The minimum Gasteiger partial charge on any atom is -0.383 e. The van der Waals surface area contributed by atoms with Crippen molar-refractivity contribution in [2.24, 2.45) is 0 Å². The summed E-state index contributed by atoms with van der Waals surface area (Å²) in [4.78, 5) is 2.33. The van der Waals surface area contributed by atoms with Gasteiger partial charge in [-0.15, -0.1) is 17.0 Å². The molecule has 0 radical (unpaired) electrons. The smallest absolute Gasteiger partial charge is 0.0386 e. The number of benzene rings is 1. The molecule has 2 rings (SSSR count). The Morgan fingerprint density at radius 2 is 2.08 bits per heavy atom. The molecule has 0 amide bonds. The molecular weight excluding hydrogens is 228 g/mol. The molecule has 0 unspecified atom stereocenters. The summed E-state index contributed by atoms with van der Waals surface area (Å²) < 4.78 is 0. The van der Waals surface area contributed by atoms with Crippen LogP contribution in [0.25, 0.3) is 0 Å². The molecule has 1 aliphatic heterocycles. The van der Waals surface area contributed by atoms with Gasteiger partial charge >= 0.3 is 0 Å². The van der Waals surface area contributed by atoms with E-state index < -0.39 is 0 Å². The van der Waals surface area contributed by atoms with Gasteiger partial charge in [0.15, 0.2) is 0 Å². The second kappa shape index (κ2) is 4.63. The molecule has 0 aliphatic carbocycles. The van der Waals surface area contributed by atoms with Crippen molar-refractivity contribution in [2.75, 3.05) is 25.5 Å². The van der Waals surface area contributed by atoms with Crippen LogP contribution in [0.3, 0.4) is 0 Å². The van der Waals surface area contributed by atoms with Crippen molar-refractivity contribution in [1.29, 1.82) is 0 Å². The van der Waals surface area contributed by atoms with E-state index in [0.717, 1.165) is 19.6 Å². The first-order valence-corrected chi connectivity index (χ1v) is 4.36. The van der Waals surface area contributed by atoms with Gasteiger partial charge in [0.1, 0.15) is 0 Å². The second-order valence-electron chi connectivity index (χ2n) is 3.32. The Kier molecular flexibility index (Phi) is 3.75. The van der Waals surface area contributed by atoms with E-state index >= 15 is 0 Å².